The maximum atomic E-state index is 12.3. The largest absolute Gasteiger partial charge is 0.497 e. The number of methoxy groups -OCH3 is 1. The summed E-state index contributed by atoms with van der Waals surface area (Å²) in [6, 6.07) is 8.29. The topological polar surface area (TPSA) is 87.9 Å². The second kappa shape index (κ2) is 8.29. The van der Waals surface area contributed by atoms with Gasteiger partial charge in [0, 0.05) is 44.5 Å². The van der Waals surface area contributed by atoms with Crippen LogP contribution < -0.4 is 19.4 Å². The number of hydrogen-bond acceptors (Lipinski definition) is 8. The number of nitrogens with zero attached hydrogens (tertiary/aromatic N) is 6. The van der Waals surface area contributed by atoms with Crippen molar-refractivity contribution in [2.24, 2.45) is 10.8 Å². The molecule has 3 heterocycles. The van der Waals surface area contributed by atoms with Crippen molar-refractivity contribution in [2.75, 3.05) is 54.5 Å². The Labute approximate surface area is 200 Å². The number of fused-ring (bicyclic) bond motifs is 2. The number of nitro groups is 1. The zero-order valence-corrected chi connectivity index (χ0v) is 20.5. The van der Waals surface area contributed by atoms with E-state index in [1.807, 2.05) is 29.2 Å². The number of aromatic nitrogens is 2. The lowest BCUT2D eigenvalue weighted by Gasteiger charge is -2.39. The highest BCUT2D eigenvalue weighted by Crippen LogP contribution is 2.54. The van der Waals surface area contributed by atoms with Crippen LogP contribution in [0.5, 0.6) is 5.75 Å². The van der Waals surface area contributed by atoms with E-state index >= 15 is 0 Å². The van der Waals surface area contributed by atoms with Crippen molar-refractivity contribution >= 4 is 23.0 Å². The SMILES string of the molecule is COc1ccc(N2CCN(c3ncnc(N4CC5(C)CC4CC(C)(C)C5)c3[N+](=O)[O-])CC2)cc1. The van der Waals surface area contributed by atoms with Crippen molar-refractivity contribution in [2.45, 2.75) is 46.1 Å². The van der Waals surface area contributed by atoms with Crippen molar-refractivity contribution in [1.82, 2.24) is 9.97 Å². The molecule has 1 aromatic carbocycles. The van der Waals surface area contributed by atoms with E-state index in [0.717, 1.165) is 50.3 Å². The van der Waals surface area contributed by atoms with E-state index in [2.05, 4.69) is 40.5 Å². The lowest BCUT2D eigenvalue weighted by molar-refractivity contribution is -0.383. The fourth-order valence-electron chi connectivity index (χ4n) is 6.64. The van der Waals surface area contributed by atoms with Gasteiger partial charge in [0.1, 0.15) is 12.1 Å². The van der Waals surface area contributed by atoms with Crippen LogP contribution in [0.3, 0.4) is 0 Å². The van der Waals surface area contributed by atoms with Crippen LogP contribution in [0.15, 0.2) is 30.6 Å². The zero-order chi connectivity index (χ0) is 24.1. The van der Waals surface area contributed by atoms with Gasteiger partial charge in [-0.05, 0) is 54.4 Å². The Kier molecular flexibility index (Phi) is 5.53. The molecule has 0 spiro atoms. The van der Waals surface area contributed by atoms with Gasteiger partial charge in [0.05, 0.1) is 12.0 Å². The molecule has 0 amide bonds. The summed E-state index contributed by atoms with van der Waals surface area (Å²) < 4.78 is 5.26. The summed E-state index contributed by atoms with van der Waals surface area (Å²) in [4.78, 5) is 27.5. The number of hydrogen-bond donors (Lipinski definition) is 0. The fourth-order valence-corrected chi connectivity index (χ4v) is 6.64. The maximum Gasteiger partial charge on any atom is 0.353 e. The molecule has 2 bridgehead atoms. The van der Waals surface area contributed by atoms with Crippen LogP contribution in [0.2, 0.25) is 0 Å². The molecule has 1 saturated carbocycles. The van der Waals surface area contributed by atoms with E-state index in [4.69, 9.17) is 4.74 Å². The van der Waals surface area contributed by atoms with Gasteiger partial charge >= 0.3 is 5.69 Å². The van der Waals surface area contributed by atoms with E-state index in [1.54, 1.807) is 7.11 Å². The molecule has 182 valence electrons. The summed E-state index contributed by atoms with van der Waals surface area (Å²) in [5.41, 5.74) is 1.57. The molecular weight excluding hydrogens is 432 g/mol. The molecule has 2 atom stereocenters. The van der Waals surface area contributed by atoms with Crippen LogP contribution >= 0.6 is 0 Å². The van der Waals surface area contributed by atoms with Crippen molar-refractivity contribution < 1.29 is 9.66 Å². The minimum atomic E-state index is -0.281. The number of anilines is 3. The summed E-state index contributed by atoms with van der Waals surface area (Å²) in [6.45, 7) is 10.6. The second-order valence-corrected chi connectivity index (χ2v) is 11.1. The third-order valence-electron chi connectivity index (χ3n) is 7.67. The van der Waals surface area contributed by atoms with Crippen LogP contribution in [0.25, 0.3) is 0 Å². The van der Waals surface area contributed by atoms with Crippen molar-refractivity contribution in [3.05, 3.63) is 40.7 Å². The fraction of sp³-hybridized carbons (Fsp3) is 0.600. The Morgan fingerprint density at radius 3 is 2.29 bits per heavy atom. The Balaban J connectivity index is 1.38. The molecule has 5 rings (SSSR count). The van der Waals surface area contributed by atoms with Crippen LogP contribution in [0.1, 0.15) is 40.0 Å². The molecule has 9 heteroatoms. The predicted octanol–water partition coefficient (Wildman–Crippen LogP) is 4.13. The van der Waals surface area contributed by atoms with Gasteiger partial charge in [-0.25, -0.2) is 9.97 Å². The zero-order valence-electron chi connectivity index (χ0n) is 20.5. The number of rotatable bonds is 5. The van der Waals surface area contributed by atoms with Gasteiger partial charge in [0.25, 0.3) is 0 Å². The highest BCUT2D eigenvalue weighted by atomic mass is 16.6. The average molecular weight is 467 g/mol. The smallest absolute Gasteiger partial charge is 0.353 e. The van der Waals surface area contributed by atoms with E-state index in [1.165, 1.54) is 6.33 Å². The molecule has 1 aromatic heterocycles. The highest BCUT2D eigenvalue weighted by molar-refractivity contribution is 5.72. The van der Waals surface area contributed by atoms with Gasteiger partial charge in [-0.3, -0.25) is 10.1 Å². The standard InChI is InChI=1S/C25H34N6O3/c1-24(2)13-19-14-25(3,15-24)16-30(19)23-21(31(32)33)22(26-17-27-23)29-11-9-28(10-12-29)18-5-7-20(34-4)8-6-18/h5-8,17,19H,9-16H2,1-4H3. The van der Waals surface area contributed by atoms with Crippen molar-refractivity contribution in [3.8, 4) is 5.75 Å². The highest BCUT2D eigenvalue weighted by Gasteiger charge is 2.51. The Bertz CT molecular complexity index is 1070. The van der Waals surface area contributed by atoms with Crippen LogP contribution in [-0.4, -0.2) is 60.8 Å². The Morgan fingerprint density at radius 2 is 1.65 bits per heavy atom. The number of benzene rings is 1. The quantitative estimate of drug-likeness (QED) is 0.480. The third-order valence-corrected chi connectivity index (χ3v) is 7.67. The summed E-state index contributed by atoms with van der Waals surface area (Å²) in [7, 11) is 1.66. The molecule has 3 fully saturated rings. The van der Waals surface area contributed by atoms with Gasteiger partial charge in [-0.15, -0.1) is 0 Å². The molecule has 1 aliphatic carbocycles. The summed E-state index contributed by atoms with van der Waals surface area (Å²) in [6.07, 6.45) is 4.72. The normalized spacial score (nSPS) is 26.0. The molecule has 34 heavy (non-hydrogen) atoms. The lowest BCUT2D eigenvalue weighted by Crippen LogP contribution is -2.47. The van der Waals surface area contributed by atoms with Gasteiger partial charge < -0.3 is 19.4 Å². The molecule has 2 aromatic rings. The number of piperazine rings is 1. The minimum Gasteiger partial charge on any atom is -0.497 e. The van der Waals surface area contributed by atoms with E-state index < -0.39 is 0 Å². The average Bonchev–Trinajstić information content (AvgIpc) is 3.07. The van der Waals surface area contributed by atoms with Crippen LogP contribution in [0.4, 0.5) is 23.0 Å². The Hall–Kier alpha value is -3.10. The van der Waals surface area contributed by atoms with Crippen molar-refractivity contribution in [1.29, 1.82) is 0 Å². The van der Waals surface area contributed by atoms with Gasteiger partial charge in [-0.1, -0.05) is 20.8 Å². The molecule has 0 radical (unpaired) electrons. The second-order valence-electron chi connectivity index (χ2n) is 11.1. The molecule has 3 aliphatic rings. The molecule has 2 saturated heterocycles. The molecule has 2 unspecified atom stereocenters. The van der Waals surface area contributed by atoms with Crippen LogP contribution in [-0.2, 0) is 0 Å². The summed E-state index contributed by atoms with van der Waals surface area (Å²) in [5.74, 6) is 1.75. The molecular formula is C25H34N6O3. The third kappa shape index (κ3) is 4.12. The molecule has 2 aliphatic heterocycles. The van der Waals surface area contributed by atoms with Crippen molar-refractivity contribution in [3.63, 3.8) is 0 Å². The predicted molar refractivity (Wildman–Crippen MR) is 133 cm³/mol. The van der Waals surface area contributed by atoms with Crippen LogP contribution in [0, 0.1) is 20.9 Å². The Morgan fingerprint density at radius 1 is 1.00 bits per heavy atom. The maximum absolute atomic E-state index is 12.3. The first-order valence-corrected chi connectivity index (χ1v) is 12.1. The van der Waals surface area contributed by atoms with Gasteiger partial charge in [-0.2, -0.15) is 0 Å². The minimum absolute atomic E-state index is 0.0503. The first kappa shape index (κ1) is 22.7. The first-order valence-electron chi connectivity index (χ1n) is 12.1. The molecule has 9 nitrogen and oxygen atoms in total. The lowest BCUT2D eigenvalue weighted by atomic mass is 9.65. The monoisotopic (exact) mass is 466 g/mol. The van der Waals surface area contributed by atoms with E-state index in [0.29, 0.717) is 24.7 Å². The summed E-state index contributed by atoms with van der Waals surface area (Å²) >= 11 is 0. The number of ether oxygens (including phenoxy) is 1. The van der Waals surface area contributed by atoms with E-state index in [-0.39, 0.29) is 27.5 Å². The van der Waals surface area contributed by atoms with Gasteiger partial charge in [0.15, 0.2) is 0 Å². The van der Waals surface area contributed by atoms with Gasteiger partial charge in [0.2, 0.25) is 11.6 Å². The molecule has 0 N–H and O–H groups in total. The van der Waals surface area contributed by atoms with E-state index in [9.17, 15) is 10.1 Å². The summed E-state index contributed by atoms with van der Waals surface area (Å²) in [5, 5.41) is 12.3. The first-order chi connectivity index (χ1) is 16.2.